The molecular weight excluding hydrogens is 388 g/mol. The lowest BCUT2D eigenvalue weighted by molar-refractivity contribution is -0.121. The maximum Gasteiger partial charge on any atom is 0.241 e. The van der Waals surface area contributed by atoms with Crippen LogP contribution in [-0.4, -0.2) is 34.0 Å². The van der Waals surface area contributed by atoms with Crippen molar-refractivity contribution in [3.8, 4) is 11.4 Å². The number of likely N-dealkylation sites (tertiary alicyclic amines) is 1. The minimum Gasteiger partial charge on any atom is -0.338 e. The van der Waals surface area contributed by atoms with Crippen LogP contribution >= 0.6 is 0 Å². The Balaban J connectivity index is 1.29. The third-order valence-corrected chi connectivity index (χ3v) is 5.84. The van der Waals surface area contributed by atoms with Crippen molar-refractivity contribution in [2.75, 3.05) is 18.4 Å². The van der Waals surface area contributed by atoms with Crippen molar-refractivity contribution in [3.63, 3.8) is 0 Å². The van der Waals surface area contributed by atoms with Crippen molar-refractivity contribution in [1.29, 1.82) is 0 Å². The quantitative estimate of drug-likeness (QED) is 0.639. The Kier molecular flexibility index (Phi) is 6.18. The van der Waals surface area contributed by atoms with Crippen molar-refractivity contribution in [1.82, 2.24) is 15.0 Å². The van der Waals surface area contributed by atoms with Gasteiger partial charge in [-0.05, 0) is 49.0 Å². The van der Waals surface area contributed by atoms with E-state index in [0.29, 0.717) is 18.3 Å². The Hall–Kier alpha value is -2.99. The molecule has 0 bridgehead atoms. The summed E-state index contributed by atoms with van der Waals surface area (Å²) >= 11 is 0. The zero-order valence-electron chi connectivity index (χ0n) is 18.5. The van der Waals surface area contributed by atoms with Gasteiger partial charge in [0.2, 0.25) is 17.6 Å². The van der Waals surface area contributed by atoms with Gasteiger partial charge in [-0.3, -0.25) is 9.69 Å². The van der Waals surface area contributed by atoms with Gasteiger partial charge in [-0.1, -0.05) is 68.4 Å². The Labute approximate surface area is 183 Å². The molecule has 1 saturated heterocycles. The van der Waals surface area contributed by atoms with E-state index >= 15 is 0 Å². The number of piperidine rings is 1. The smallest absolute Gasteiger partial charge is 0.241 e. The molecule has 0 radical (unpaired) electrons. The van der Waals surface area contributed by atoms with Crippen molar-refractivity contribution >= 4 is 11.6 Å². The average molecular weight is 419 g/mol. The van der Waals surface area contributed by atoms with Crippen LogP contribution in [0.2, 0.25) is 0 Å². The van der Waals surface area contributed by atoms with Crippen molar-refractivity contribution in [3.05, 3.63) is 66.1 Å². The number of amides is 1. The minimum atomic E-state index is 0.0380. The largest absolute Gasteiger partial charge is 0.338 e. The van der Waals surface area contributed by atoms with Gasteiger partial charge in [0, 0.05) is 17.2 Å². The van der Waals surface area contributed by atoms with Gasteiger partial charge in [0.05, 0.1) is 6.54 Å². The van der Waals surface area contributed by atoms with Crippen LogP contribution in [0.25, 0.3) is 11.4 Å². The molecule has 6 nitrogen and oxygen atoms in total. The van der Waals surface area contributed by atoms with Gasteiger partial charge in [-0.15, -0.1) is 0 Å². The molecule has 2 heterocycles. The summed E-state index contributed by atoms with van der Waals surface area (Å²) in [6.45, 7) is 8.88. The van der Waals surface area contributed by atoms with E-state index in [1.54, 1.807) is 0 Å². The molecule has 162 valence electrons. The van der Waals surface area contributed by atoms with Crippen LogP contribution in [0.15, 0.2) is 59.1 Å². The molecule has 0 atom stereocenters. The van der Waals surface area contributed by atoms with Crippen molar-refractivity contribution in [2.24, 2.45) is 5.92 Å². The molecule has 1 N–H and O–H groups in total. The normalized spacial score (nSPS) is 15.7. The molecule has 6 heteroatoms. The van der Waals surface area contributed by atoms with Crippen molar-refractivity contribution < 1.29 is 9.32 Å². The maximum atomic E-state index is 12.5. The highest BCUT2D eigenvalue weighted by atomic mass is 16.5. The number of hydrogen-bond acceptors (Lipinski definition) is 5. The molecular formula is C25H30N4O2. The molecule has 0 aliphatic carbocycles. The predicted octanol–water partition coefficient (Wildman–Crippen LogP) is 4.88. The van der Waals surface area contributed by atoms with Gasteiger partial charge < -0.3 is 9.84 Å². The molecule has 1 aliphatic heterocycles. The van der Waals surface area contributed by atoms with Crippen LogP contribution < -0.4 is 5.32 Å². The first-order valence-electron chi connectivity index (χ1n) is 10.9. The number of hydrogen-bond donors (Lipinski definition) is 1. The topological polar surface area (TPSA) is 71.3 Å². The van der Waals surface area contributed by atoms with Gasteiger partial charge in [-0.2, -0.15) is 4.98 Å². The van der Waals surface area contributed by atoms with Crippen LogP contribution in [-0.2, 0) is 16.8 Å². The summed E-state index contributed by atoms with van der Waals surface area (Å²) in [7, 11) is 0. The average Bonchev–Trinajstić information content (AvgIpc) is 3.23. The maximum absolute atomic E-state index is 12.5. The second kappa shape index (κ2) is 9.02. The van der Waals surface area contributed by atoms with E-state index < -0.39 is 0 Å². The lowest BCUT2D eigenvalue weighted by Gasteiger charge is -2.30. The first-order valence-corrected chi connectivity index (χ1v) is 10.9. The zero-order chi connectivity index (χ0) is 21.8. The van der Waals surface area contributed by atoms with Gasteiger partial charge in [-0.25, -0.2) is 0 Å². The van der Waals surface area contributed by atoms with E-state index in [1.807, 2.05) is 42.5 Å². The van der Waals surface area contributed by atoms with Crippen LogP contribution in [0.3, 0.4) is 0 Å². The fourth-order valence-electron chi connectivity index (χ4n) is 3.87. The third-order valence-electron chi connectivity index (χ3n) is 5.84. The summed E-state index contributed by atoms with van der Waals surface area (Å²) in [6, 6.07) is 18.0. The number of para-hydroxylation sites is 1. The second-order valence-corrected chi connectivity index (χ2v) is 9.24. The first-order chi connectivity index (χ1) is 14.9. The SMILES string of the molecule is CC(C)(C)c1ccc(-c2noc(CN3CCC(C(=O)Nc4ccccc4)CC3)n2)cc1. The molecule has 4 rings (SSSR count). The van der Waals surface area contributed by atoms with E-state index in [4.69, 9.17) is 4.52 Å². The summed E-state index contributed by atoms with van der Waals surface area (Å²) in [5, 5.41) is 7.17. The summed E-state index contributed by atoms with van der Waals surface area (Å²) in [6.07, 6.45) is 1.65. The molecule has 1 aromatic heterocycles. The van der Waals surface area contributed by atoms with Crippen LogP contribution in [0.4, 0.5) is 5.69 Å². The van der Waals surface area contributed by atoms with E-state index in [9.17, 15) is 4.79 Å². The Morgan fingerprint density at radius 1 is 1.06 bits per heavy atom. The predicted molar refractivity (Wildman–Crippen MR) is 122 cm³/mol. The van der Waals surface area contributed by atoms with Gasteiger partial charge in [0.25, 0.3) is 0 Å². The van der Waals surface area contributed by atoms with E-state index in [1.165, 1.54) is 5.56 Å². The number of carbonyl (C=O) groups is 1. The minimum absolute atomic E-state index is 0.0380. The first kappa shape index (κ1) is 21.2. The van der Waals surface area contributed by atoms with E-state index in [2.05, 4.69) is 53.3 Å². The molecule has 0 spiro atoms. The molecule has 0 saturated carbocycles. The van der Waals surface area contributed by atoms with Gasteiger partial charge in [0.15, 0.2) is 0 Å². The number of nitrogens with one attached hydrogen (secondary N) is 1. The highest BCUT2D eigenvalue weighted by molar-refractivity contribution is 5.92. The highest BCUT2D eigenvalue weighted by Crippen LogP contribution is 2.25. The highest BCUT2D eigenvalue weighted by Gasteiger charge is 2.26. The van der Waals surface area contributed by atoms with Gasteiger partial charge >= 0.3 is 0 Å². The number of anilines is 1. The Morgan fingerprint density at radius 3 is 2.39 bits per heavy atom. The summed E-state index contributed by atoms with van der Waals surface area (Å²) in [4.78, 5) is 19.4. The molecule has 2 aromatic carbocycles. The molecule has 0 unspecified atom stereocenters. The second-order valence-electron chi connectivity index (χ2n) is 9.24. The number of carbonyl (C=O) groups excluding carboxylic acids is 1. The lowest BCUT2D eigenvalue weighted by Crippen LogP contribution is -2.37. The zero-order valence-corrected chi connectivity index (χ0v) is 18.5. The summed E-state index contributed by atoms with van der Waals surface area (Å²) in [5.41, 5.74) is 3.20. The molecule has 31 heavy (non-hydrogen) atoms. The molecule has 1 fully saturated rings. The summed E-state index contributed by atoms with van der Waals surface area (Å²) in [5.74, 6) is 1.37. The fraction of sp³-hybridized carbons (Fsp3) is 0.400. The van der Waals surface area contributed by atoms with Crippen molar-refractivity contribution in [2.45, 2.75) is 45.6 Å². The number of aromatic nitrogens is 2. The third kappa shape index (κ3) is 5.39. The van der Waals surface area contributed by atoms with Crippen LogP contribution in [0, 0.1) is 5.92 Å². The van der Waals surface area contributed by atoms with E-state index in [-0.39, 0.29) is 17.2 Å². The molecule has 1 amide bonds. The fourth-order valence-corrected chi connectivity index (χ4v) is 3.87. The summed E-state index contributed by atoms with van der Waals surface area (Å²) < 4.78 is 5.49. The van der Waals surface area contributed by atoms with Gasteiger partial charge in [0.1, 0.15) is 0 Å². The standard InChI is InChI=1S/C25H30N4O2/c1-25(2,3)20-11-9-18(10-12-20)23-27-22(31-28-23)17-29-15-13-19(14-16-29)24(30)26-21-7-5-4-6-8-21/h4-12,19H,13-17H2,1-3H3,(H,26,30). The van der Waals surface area contributed by atoms with Crippen LogP contribution in [0.1, 0.15) is 45.1 Å². The monoisotopic (exact) mass is 418 g/mol. The molecule has 1 aliphatic rings. The number of nitrogens with zero attached hydrogens (tertiary/aromatic N) is 3. The Bertz CT molecular complexity index is 998. The number of benzene rings is 2. The molecule has 3 aromatic rings. The van der Waals surface area contributed by atoms with E-state index in [0.717, 1.165) is 37.2 Å². The Morgan fingerprint density at radius 2 is 1.74 bits per heavy atom. The lowest BCUT2D eigenvalue weighted by atomic mass is 9.87. The number of rotatable bonds is 5. The van der Waals surface area contributed by atoms with Crippen LogP contribution in [0.5, 0.6) is 0 Å².